The van der Waals surface area contributed by atoms with Crippen LogP contribution in [0.5, 0.6) is 5.75 Å². The Kier molecular flexibility index (Phi) is 3.50. The maximum Gasteiger partial charge on any atom is 0.374 e. The summed E-state index contributed by atoms with van der Waals surface area (Å²) < 4.78 is 23.3. The molecule has 2 aromatic rings. The number of methoxy groups -OCH3 is 1. The SMILES string of the molecule is CCc1c(OC)cc(F)cc1-c1cc(C(=O)O)on1. The zero-order chi connectivity index (χ0) is 14.0. The van der Waals surface area contributed by atoms with Crippen molar-refractivity contribution in [3.8, 4) is 17.0 Å². The summed E-state index contributed by atoms with van der Waals surface area (Å²) in [6.07, 6.45) is 0.591. The molecule has 0 bridgehead atoms. The van der Waals surface area contributed by atoms with Crippen LogP contribution in [-0.2, 0) is 6.42 Å². The van der Waals surface area contributed by atoms with E-state index < -0.39 is 11.8 Å². The highest BCUT2D eigenvalue weighted by atomic mass is 19.1. The van der Waals surface area contributed by atoms with Gasteiger partial charge in [-0.1, -0.05) is 12.1 Å². The Morgan fingerprint density at radius 2 is 2.21 bits per heavy atom. The summed E-state index contributed by atoms with van der Waals surface area (Å²) >= 11 is 0. The quantitative estimate of drug-likeness (QED) is 0.920. The summed E-state index contributed by atoms with van der Waals surface area (Å²) in [5, 5.41) is 12.4. The highest BCUT2D eigenvalue weighted by molar-refractivity contribution is 5.86. The number of aromatic carboxylic acids is 1. The molecule has 0 spiro atoms. The Morgan fingerprint density at radius 1 is 1.47 bits per heavy atom. The number of nitrogens with zero attached hydrogens (tertiary/aromatic N) is 1. The summed E-state index contributed by atoms with van der Waals surface area (Å²) in [6.45, 7) is 1.89. The fourth-order valence-electron chi connectivity index (χ4n) is 1.89. The predicted molar refractivity (Wildman–Crippen MR) is 64.8 cm³/mol. The normalized spacial score (nSPS) is 10.5. The van der Waals surface area contributed by atoms with Crippen LogP contribution in [0.3, 0.4) is 0 Å². The van der Waals surface area contributed by atoms with Gasteiger partial charge in [0.05, 0.1) is 7.11 Å². The molecule has 1 aromatic heterocycles. The maximum atomic E-state index is 13.5. The molecule has 5 nitrogen and oxygen atoms in total. The molecule has 0 aliphatic carbocycles. The van der Waals surface area contributed by atoms with Gasteiger partial charge >= 0.3 is 5.97 Å². The van der Waals surface area contributed by atoms with Gasteiger partial charge in [0.15, 0.2) is 0 Å². The maximum absolute atomic E-state index is 13.5. The van der Waals surface area contributed by atoms with Gasteiger partial charge in [0.1, 0.15) is 17.3 Å². The first-order valence-electron chi connectivity index (χ1n) is 5.63. The molecule has 0 unspecified atom stereocenters. The summed E-state index contributed by atoms with van der Waals surface area (Å²) in [5.74, 6) is -1.60. The van der Waals surface area contributed by atoms with Gasteiger partial charge in [0, 0.05) is 23.3 Å². The Morgan fingerprint density at radius 3 is 2.74 bits per heavy atom. The third kappa shape index (κ3) is 2.42. The molecule has 0 radical (unpaired) electrons. The summed E-state index contributed by atoms with van der Waals surface area (Å²) in [5.41, 5.74) is 1.48. The number of hydrogen-bond acceptors (Lipinski definition) is 4. The fraction of sp³-hybridized carbons (Fsp3) is 0.231. The number of ether oxygens (including phenoxy) is 1. The Hall–Kier alpha value is -2.37. The van der Waals surface area contributed by atoms with Crippen LogP contribution >= 0.6 is 0 Å². The van der Waals surface area contributed by atoms with Gasteiger partial charge in [0.2, 0.25) is 5.76 Å². The number of carboxylic acid groups (broad SMARTS) is 1. The van der Waals surface area contributed by atoms with E-state index in [2.05, 4.69) is 9.68 Å². The smallest absolute Gasteiger partial charge is 0.374 e. The highest BCUT2D eigenvalue weighted by Gasteiger charge is 2.17. The van der Waals surface area contributed by atoms with E-state index in [0.717, 1.165) is 5.56 Å². The fourth-order valence-corrected chi connectivity index (χ4v) is 1.89. The van der Waals surface area contributed by atoms with E-state index >= 15 is 0 Å². The lowest BCUT2D eigenvalue weighted by molar-refractivity contribution is 0.0652. The van der Waals surface area contributed by atoms with Gasteiger partial charge in [-0.25, -0.2) is 9.18 Å². The molecule has 0 saturated heterocycles. The summed E-state index contributed by atoms with van der Waals surface area (Å²) in [7, 11) is 1.45. The number of halogens is 1. The van der Waals surface area contributed by atoms with E-state index in [1.165, 1.54) is 25.3 Å². The van der Waals surface area contributed by atoms with E-state index in [0.29, 0.717) is 17.7 Å². The van der Waals surface area contributed by atoms with Crippen molar-refractivity contribution in [1.29, 1.82) is 0 Å². The minimum absolute atomic E-state index is 0.270. The third-order valence-electron chi connectivity index (χ3n) is 2.74. The number of carbonyl (C=O) groups is 1. The monoisotopic (exact) mass is 265 g/mol. The number of hydrogen-bond donors (Lipinski definition) is 1. The van der Waals surface area contributed by atoms with Crippen molar-refractivity contribution in [3.63, 3.8) is 0 Å². The van der Waals surface area contributed by atoms with E-state index in [4.69, 9.17) is 9.84 Å². The molecule has 1 aromatic carbocycles. The first-order valence-corrected chi connectivity index (χ1v) is 5.63. The molecular weight excluding hydrogens is 253 g/mol. The Balaban J connectivity index is 2.59. The average Bonchev–Trinajstić information content (AvgIpc) is 2.87. The highest BCUT2D eigenvalue weighted by Crippen LogP contribution is 2.32. The van der Waals surface area contributed by atoms with Crippen LogP contribution in [0.15, 0.2) is 22.7 Å². The number of benzene rings is 1. The molecule has 0 fully saturated rings. The lowest BCUT2D eigenvalue weighted by atomic mass is 10.0. The molecule has 19 heavy (non-hydrogen) atoms. The van der Waals surface area contributed by atoms with E-state index in [1.807, 2.05) is 6.92 Å². The van der Waals surface area contributed by atoms with Gasteiger partial charge in [0.25, 0.3) is 0 Å². The number of carboxylic acids is 1. The topological polar surface area (TPSA) is 72.6 Å². The lowest BCUT2D eigenvalue weighted by Crippen LogP contribution is -1.96. The number of rotatable bonds is 4. The lowest BCUT2D eigenvalue weighted by Gasteiger charge is -2.10. The molecule has 100 valence electrons. The summed E-state index contributed by atoms with van der Waals surface area (Å²) in [6, 6.07) is 3.82. The van der Waals surface area contributed by atoms with Crippen LogP contribution in [-0.4, -0.2) is 23.3 Å². The zero-order valence-electron chi connectivity index (χ0n) is 10.4. The molecule has 2 rings (SSSR count). The molecule has 0 aliphatic rings. The van der Waals surface area contributed by atoms with Crippen molar-refractivity contribution in [3.05, 3.63) is 35.3 Å². The Labute approximate surface area is 108 Å². The molecule has 6 heteroatoms. The minimum Gasteiger partial charge on any atom is -0.496 e. The third-order valence-corrected chi connectivity index (χ3v) is 2.74. The molecular formula is C13H12FNO4. The molecule has 1 heterocycles. The first-order chi connectivity index (χ1) is 9.06. The molecule has 0 saturated carbocycles. The molecule has 0 atom stereocenters. The van der Waals surface area contributed by atoms with Gasteiger partial charge in [-0.3, -0.25) is 0 Å². The van der Waals surface area contributed by atoms with Crippen molar-refractivity contribution >= 4 is 5.97 Å². The van der Waals surface area contributed by atoms with Crippen molar-refractivity contribution in [2.75, 3.05) is 7.11 Å². The second-order valence-electron chi connectivity index (χ2n) is 3.87. The van der Waals surface area contributed by atoms with Gasteiger partial charge < -0.3 is 14.4 Å². The predicted octanol–water partition coefficient (Wildman–Crippen LogP) is 2.75. The van der Waals surface area contributed by atoms with Crippen LogP contribution in [0.2, 0.25) is 0 Å². The molecule has 0 amide bonds. The van der Waals surface area contributed by atoms with Crippen molar-refractivity contribution in [2.24, 2.45) is 0 Å². The van der Waals surface area contributed by atoms with Crippen LogP contribution in [0.25, 0.3) is 11.3 Å². The van der Waals surface area contributed by atoms with Crippen LogP contribution in [0.1, 0.15) is 23.0 Å². The second-order valence-corrected chi connectivity index (χ2v) is 3.87. The van der Waals surface area contributed by atoms with Crippen molar-refractivity contribution in [2.45, 2.75) is 13.3 Å². The summed E-state index contributed by atoms with van der Waals surface area (Å²) in [4.78, 5) is 10.8. The first kappa shape index (κ1) is 13.1. The van der Waals surface area contributed by atoms with E-state index in [-0.39, 0.29) is 11.5 Å². The zero-order valence-corrected chi connectivity index (χ0v) is 10.4. The van der Waals surface area contributed by atoms with E-state index in [9.17, 15) is 9.18 Å². The van der Waals surface area contributed by atoms with Crippen molar-refractivity contribution in [1.82, 2.24) is 5.16 Å². The van der Waals surface area contributed by atoms with Gasteiger partial charge in [-0.15, -0.1) is 0 Å². The Bertz CT molecular complexity index is 621. The average molecular weight is 265 g/mol. The minimum atomic E-state index is -1.22. The van der Waals surface area contributed by atoms with Gasteiger partial charge in [-0.2, -0.15) is 0 Å². The largest absolute Gasteiger partial charge is 0.496 e. The van der Waals surface area contributed by atoms with Crippen molar-refractivity contribution < 1.29 is 23.6 Å². The van der Waals surface area contributed by atoms with Gasteiger partial charge in [-0.05, 0) is 12.5 Å². The second kappa shape index (κ2) is 5.09. The molecule has 0 aliphatic heterocycles. The van der Waals surface area contributed by atoms with Crippen LogP contribution in [0, 0.1) is 5.82 Å². The van der Waals surface area contributed by atoms with Crippen LogP contribution < -0.4 is 4.74 Å². The van der Waals surface area contributed by atoms with Crippen LogP contribution in [0.4, 0.5) is 4.39 Å². The molecule has 1 N–H and O–H groups in total. The standard InChI is InChI=1S/C13H12FNO4/c1-3-8-9(4-7(14)5-11(8)18-2)10-6-12(13(16)17)19-15-10/h4-6H,3H2,1-2H3,(H,16,17). The van der Waals surface area contributed by atoms with E-state index in [1.54, 1.807) is 0 Å². The number of aromatic nitrogens is 1.